The van der Waals surface area contributed by atoms with E-state index in [9.17, 15) is 0 Å². The van der Waals surface area contributed by atoms with Crippen molar-refractivity contribution in [3.8, 4) is 0 Å². The van der Waals surface area contributed by atoms with E-state index in [2.05, 4.69) is 51.6 Å². The quantitative estimate of drug-likeness (QED) is 0.359. The molecule has 80 valence electrons. The van der Waals surface area contributed by atoms with Crippen molar-refractivity contribution in [2.24, 2.45) is 5.92 Å². The van der Waals surface area contributed by atoms with Crippen molar-refractivity contribution in [1.29, 1.82) is 0 Å². The van der Waals surface area contributed by atoms with Crippen LogP contribution in [-0.4, -0.2) is 23.4 Å². The Bertz CT molecular complexity index is 242. The van der Waals surface area contributed by atoms with Crippen molar-refractivity contribution < 1.29 is 4.58 Å². The van der Waals surface area contributed by atoms with Gasteiger partial charge in [0.15, 0.2) is 11.8 Å². The number of allylic oxidation sites excluding steroid dienone is 1. The molecule has 1 atom stereocenters. The summed E-state index contributed by atoms with van der Waals surface area (Å²) in [6.07, 6.45) is 4.43. The van der Waals surface area contributed by atoms with E-state index in [0.717, 1.165) is 0 Å². The van der Waals surface area contributed by atoms with E-state index in [1.54, 1.807) is 0 Å². The molecule has 0 spiro atoms. The Kier molecular flexibility index (Phi) is 6.23. The van der Waals surface area contributed by atoms with Crippen molar-refractivity contribution >= 4 is 5.71 Å². The highest BCUT2D eigenvalue weighted by Gasteiger charge is 2.21. The first-order valence-electron chi connectivity index (χ1n) is 5.46. The molecular weight excluding hydrogens is 170 g/mol. The summed E-state index contributed by atoms with van der Waals surface area (Å²) < 4.78 is 2.34. The fourth-order valence-corrected chi connectivity index (χ4v) is 1.78. The summed E-state index contributed by atoms with van der Waals surface area (Å²) in [5.41, 5.74) is 4.07. The number of nitrogens with zero attached hydrogens (tertiary/aromatic N) is 1. The predicted molar refractivity (Wildman–Crippen MR) is 64.1 cm³/mol. The zero-order valence-corrected chi connectivity index (χ0v) is 10.3. The van der Waals surface area contributed by atoms with E-state index in [0.29, 0.717) is 12.0 Å². The van der Waals surface area contributed by atoms with Crippen molar-refractivity contribution in [3.05, 3.63) is 18.4 Å². The van der Waals surface area contributed by atoms with Gasteiger partial charge < -0.3 is 0 Å². The van der Waals surface area contributed by atoms with Crippen molar-refractivity contribution in [2.45, 2.75) is 46.6 Å². The van der Waals surface area contributed by atoms with Gasteiger partial charge in [0.05, 0.1) is 0 Å². The minimum atomic E-state index is 0.629. The van der Waals surface area contributed by atoms with Gasteiger partial charge in [-0.3, -0.25) is 0 Å². The first-order chi connectivity index (χ1) is 6.54. The van der Waals surface area contributed by atoms with Crippen LogP contribution in [0.25, 0.3) is 0 Å². The fraction of sp³-hybridized carbons (Fsp3) is 0.692. The molecule has 0 fully saturated rings. The monoisotopic (exact) mass is 194 g/mol. The van der Waals surface area contributed by atoms with Crippen LogP contribution in [0, 0.1) is 5.92 Å². The van der Waals surface area contributed by atoms with Gasteiger partial charge >= 0.3 is 0 Å². The molecule has 0 saturated heterocycles. The van der Waals surface area contributed by atoms with E-state index in [-0.39, 0.29) is 0 Å². The Morgan fingerprint density at radius 1 is 1.50 bits per heavy atom. The molecule has 0 aliphatic carbocycles. The molecule has 0 saturated carbocycles. The zero-order valence-electron chi connectivity index (χ0n) is 10.3. The average molecular weight is 194 g/mol. The third kappa shape index (κ3) is 3.93. The molecule has 0 aliphatic heterocycles. The highest BCUT2D eigenvalue weighted by molar-refractivity contribution is 5.88. The lowest BCUT2D eigenvalue weighted by Crippen LogP contribution is -2.31. The minimum absolute atomic E-state index is 0.629. The van der Waals surface area contributed by atoms with Gasteiger partial charge in [-0.2, -0.15) is 0 Å². The number of hydrogen-bond acceptors (Lipinski definition) is 0. The minimum Gasteiger partial charge on any atom is -0.233 e. The Morgan fingerprint density at radius 2 is 2.07 bits per heavy atom. The third-order valence-corrected chi connectivity index (χ3v) is 2.72. The molecule has 0 aromatic heterocycles. The van der Waals surface area contributed by atoms with Crippen LogP contribution in [0.5, 0.6) is 0 Å². The fourth-order valence-electron chi connectivity index (χ4n) is 1.78. The third-order valence-electron chi connectivity index (χ3n) is 2.72. The van der Waals surface area contributed by atoms with Crippen LogP contribution in [0.15, 0.2) is 18.4 Å². The summed E-state index contributed by atoms with van der Waals surface area (Å²) in [5.74, 6) is 0.688. The summed E-state index contributed by atoms with van der Waals surface area (Å²) in [5, 5.41) is 0. The zero-order chi connectivity index (χ0) is 11.1. The van der Waals surface area contributed by atoms with Crippen molar-refractivity contribution in [2.75, 3.05) is 7.05 Å². The molecule has 0 radical (unpaired) electrons. The molecule has 0 aromatic carbocycles. The van der Waals surface area contributed by atoms with Crippen LogP contribution in [0.2, 0.25) is 0 Å². The largest absolute Gasteiger partial charge is 0.233 e. The van der Waals surface area contributed by atoms with Crippen LogP contribution in [-0.2, 0) is 0 Å². The lowest BCUT2D eigenvalue weighted by Gasteiger charge is -2.17. The van der Waals surface area contributed by atoms with Gasteiger partial charge in [0, 0.05) is 25.3 Å². The highest BCUT2D eigenvalue weighted by atomic mass is 15.0. The van der Waals surface area contributed by atoms with Crippen LogP contribution in [0.4, 0.5) is 0 Å². The Balaban J connectivity index is 4.81. The first-order valence-corrected chi connectivity index (χ1v) is 5.46. The maximum atomic E-state index is 3.61. The molecule has 0 aliphatic rings. The molecule has 0 rings (SSSR count). The van der Waals surface area contributed by atoms with Gasteiger partial charge in [0.25, 0.3) is 0 Å². The predicted octanol–water partition coefficient (Wildman–Crippen LogP) is 3.26. The van der Waals surface area contributed by atoms with Gasteiger partial charge in [0.2, 0.25) is 0 Å². The first kappa shape index (κ1) is 13.2. The lowest BCUT2D eigenvalue weighted by molar-refractivity contribution is -0.547. The van der Waals surface area contributed by atoms with Gasteiger partial charge in [-0.15, -0.1) is 5.73 Å². The summed E-state index contributed by atoms with van der Waals surface area (Å²) >= 11 is 0. The van der Waals surface area contributed by atoms with E-state index in [1.807, 2.05) is 6.08 Å². The second-order valence-electron chi connectivity index (χ2n) is 4.20. The van der Waals surface area contributed by atoms with Crippen LogP contribution >= 0.6 is 0 Å². The molecule has 1 heteroatoms. The van der Waals surface area contributed by atoms with E-state index in [1.165, 1.54) is 18.6 Å². The smallest absolute Gasteiger partial charge is 0.180 e. The number of rotatable bonds is 5. The Labute approximate surface area is 88.8 Å². The summed E-state index contributed by atoms with van der Waals surface area (Å²) in [6, 6.07) is 0.629. The van der Waals surface area contributed by atoms with E-state index < -0.39 is 0 Å². The van der Waals surface area contributed by atoms with Crippen LogP contribution in [0.3, 0.4) is 0 Å². The van der Waals surface area contributed by atoms with Crippen LogP contribution < -0.4 is 0 Å². The second-order valence-corrected chi connectivity index (χ2v) is 4.20. The summed E-state index contributed by atoms with van der Waals surface area (Å²) in [7, 11) is 2.16. The molecule has 1 nitrogen and oxygen atoms in total. The maximum absolute atomic E-state index is 3.61. The van der Waals surface area contributed by atoms with Gasteiger partial charge in [-0.1, -0.05) is 27.4 Å². The van der Waals surface area contributed by atoms with Crippen molar-refractivity contribution in [1.82, 2.24) is 0 Å². The van der Waals surface area contributed by atoms with Gasteiger partial charge in [-0.25, -0.2) is 4.58 Å². The standard InChI is InChI=1S/C13H24N/c1-7-9-12(5)14(6)13(10-8-2)11(3)4/h9,11,13H,1,8,10H2,2-6H3/q+1. The molecule has 0 aromatic rings. The highest BCUT2D eigenvalue weighted by Crippen LogP contribution is 2.12. The Hall–Kier alpha value is -0.810. The second kappa shape index (κ2) is 6.62. The molecule has 0 heterocycles. The average Bonchev–Trinajstić information content (AvgIpc) is 2.13. The number of hydrogen-bond donors (Lipinski definition) is 0. The SMILES string of the molecule is C=C=CC(C)=[N+](C)C(CCC)C(C)C. The topological polar surface area (TPSA) is 3.01 Å². The molecule has 0 N–H and O–H groups in total. The molecule has 14 heavy (non-hydrogen) atoms. The van der Waals surface area contributed by atoms with E-state index in [4.69, 9.17) is 0 Å². The molecule has 1 unspecified atom stereocenters. The normalized spacial score (nSPS) is 14.7. The van der Waals surface area contributed by atoms with Crippen LogP contribution in [0.1, 0.15) is 40.5 Å². The van der Waals surface area contributed by atoms with Crippen molar-refractivity contribution in [3.63, 3.8) is 0 Å². The Morgan fingerprint density at radius 3 is 2.43 bits per heavy atom. The van der Waals surface area contributed by atoms with Gasteiger partial charge in [-0.05, 0) is 6.42 Å². The lowest BCUT2D eigenvalue weighted by atomic mass is 9.99. The van der Waals surface area contributed by atoms with Gasteiger partial charge in [0.1, 0.15) is 7.05 Å². The molecule has 0 bridgehead atoms. The summed E-state index contributed by atoms with van der Waals surface area (Å²) in [6.45, 7) is 12.5. The molecular formula is C13H24N+. The summed E-state index contributed by atoms with van der Waals surface area (Å²) in [4.78, 5) is 0. The van der Waals surface area contributed by atoms with E-state index >= 15 is 0 Å². The maximum Gasteiger partial charge on any atom is 0.180 e. The molecule has 0 amide bonds.